The average Bonchev–Trinajstić information content (AvgIpc) is 2.42. The van der Waals surface area contributed by atoms with E-state index >= 15 is 0 Å². The molecule has 0 fully saturated rings. The first kappa shape index (κ1) is 21.4. The highest BCUT2D eigenvalue weighted by Crippen LogP contribution is 2.08. The zero-order valence-electron chi connectivity index (χ0n) is 15.0. The van der Waals surface area contributed by atoms with Crippen LogP contribution in [-0.2, 0) is 23.7 Å². The molecule has 0 aromatic carbocycles. The minimum atomic E-state index is -0.435. The molecule has 0 heterocycles. The molecule has 0 spiro atoms. The molecule has 0 aromatic rings. The average molecular weight is 318 g/mol. The topological polar surface area (TPSA) is 54.0 Å². The molecule has 0 N–H and O–H groups in total. The number of carbonyl (C=O) groups is 1. The summed E-state index contributed by atoms with van der Waals surface area (Å²) >= 11 is 0. The lowest BCUT2D eigenvalue weighted by atomic mass is 10.1. The normalized spacial score (nSPS) is 13.1. The summed E-state index contributed by atoms with van der Waals surface area (Å²) in [5, 5.41) is 0. The first-order valence-corrected chi connectivity index (χ1v) is 8.30. The maximum absolute atomic E-state index is 11.4. The molecule has 0 rings (SSSR count). The lowest BCUT2D eigenvalue weighted by Crippen LogP contribution is -2.24. The SMILES string of the molecule is CCC(C)CCOCCOCCOCCC(=O)OC(C)(C)C. The summed E-state index contributed by atoms with van der Waals surface area (Å²) in [6.45, 7) is 13.3. The molecular formula is C17H34O5. The Kier molecular flexibility index (Phi) is 12.5. The number of carbonyl (C=O) groups excluding carboxylic acids is 1. The van der Waals surface area contributed by atoms with E-state index in [1.807, 2.05) is 20.8 Å². The smallest absolute Gasteiger partial charge is 0.308 e. The van der Waals surface area contributed by atoms with Gasteiger partial charge in [-0.15, -0.1) is 0 Å². The van der Waals surface area contributed by atoms with Crippen LogP contribution in [0.1, 0.15) is 53.9 Å². The van der Waals surface area contributed by atoms with E-state index in [1.165, 1.54) is 6.42 Å². The van der Waals surface area contributed by atoms with Gasteiger partial charge in [-0.3, -0.25) is 4.79 Å². The molecular weight excluding hydrogens is 284 g/mol. The van der Waals surface area contributed by atoms with Gasteiger partial charge in [0.15, 0.2) is 0 Å². The quantitative estimate of drug-likeness (QED) is 0.385. The number of hydrogen-bond donors (Lipinski definition) is 0. The number of esters is 1. The molecule has 132 valence electrons. The van der Waals surface area contributed by atoms with Crippen LogP contribution < -0.4 is 0 Å². The van der Waals surface area contributed by atoms with Crippen molar-refractivity contribution in [1.29, 1.82) is 0 Å². The Morgan fingerprint density at radius 1 is 0.909 bits per heavy atom. The van der Waals surface area contributed by atoms with Gasteiger partial charge in [-0.05, 0) is 33.1 Å². The second-order valence-corrected chi connectivity index (χ2v) is 6.48. The summed E-state index contributed by atoms with van der Waals surface area (Å²) in [6, 6.07) is 0. The summed E-state index contributed by atoms with van der Waals surface area (Å²) in [6.07, 6.45) is 2.57. The molecule has 1 atom stereocenters. The van der Waals surface area contributed by atoms with Gasteiger partial charge in [-0.25, -0.2) is 0 Å². The van der Waals surface area contributed by atoms with E-state index in [1.54, 1.807) is 0 Å². The zero-order valence-corrected chi connectivity index (χ0v) is 15.0. The van der Waals surface area contributed by atoms with Crippen molar-refractivity contribution in [3.63, 3.8) is 0 Å². The van der Waals surface area contributed by atoms with Gasteiger partial charge in [0, 0.05) is 6.61 Å². The highest BCUT2D eigenvalue weighted by atomic mass is 16.6. The van der Waals surface area contributed by atoms with Crippen LogP contribution in [0.5, 0.6) is 0 Å². The van der Waals surface area contributed by atoms with Gasteiger partial charge in [0.25, 0.3) is 0 Å². The van der Waals surface area contributed by atoms with Crippen LogP contribution in [0, 0.1) is 5.92 Å². The Balaban J connectivity index is 3.22. The van der Waals surface area contributed by atoms with Gasteiger partial charge >= 0.3 is 5.97 Å². The third-order valence-corrected chi connectivity index (χ3v) is 3.07. The van der Waals surface area contributed by atoms with Crippen molar-refractivity contribution in [2.24, 2.45) is 5.92 Å². The maximum atomic E-state index is 11.4. The molecule has 0 saturated heterocycles. The number of hydrogen-bond acceptors (Lipinski definition) is 5. The van der Waals surface area contributed by atoms with Crippen molar-refractivity contribution in [2.75, 3.05) is 39.6 Å². The van der Waals surface area contributed by atoms with Crippen molar-refractivity contribution in [3.8, 4) is 0 Å². The minimum absolute atomic E-state index is 0.233. The lowest BCUT2D eigenvalue weighted by Gasteiger charge is -2.19. The third-order valence-electron chi connectivity index (χ3n) is 3.07. The Morgan fingerprint density at radius 3 is 1.91 bits per heavy atom. The predicted molar refractivity (Wildman–Crippen MR) is 87.0 cm³/mol. The summed E-state index contributed by atoms with van der Waals surface area (Å²) in [5.41, 5.74) is -0.435. The van der Waals surface area contributed by atoms with Gasteiger partial charge in [-0.1, -0.05) is 20.3 Å². The van der Waals surface area contributed by atoms with Crippen LogP contribution in [0.15, 0.2) is 0 Å². The Bertz CT molecular complexity index is 273. The molecule has 1 unspecified atom stereocenters. The molecule has 0 amide bonds. The van der Waals surface area contributed by atoms with Gasteiger partial charge in [0.2, 0.25) is 0 Å². The number of rotatable bonds is 13. The van der Waals surface area contributed by atoms with E-state index < -0.39 is 5.60 Å². The Morgan fingerprint density at radius 2 is 1.41 bits per heavy atom. The highest BCUT2D eigenvalue weighted by molar-refractivity contribution is 5.69. The van der Waals surface area contributed by atoms with Crippen molar-refractivity contribution in [2.45, 2.75) is 59.5 Å². The van der Waals surface area contributed by atoms with E-state index in [-0.39, 0.29) is 12.4 Å². The van der Waals surface area contributed by atoms with E-state index in [0.29, 0.717) is 33.0 Å². The van der Waals surface area contributed by atoms with Crippen LogP contribution in [-0.4, -0.2) is 51.2 Å². The summed E-state index contributed by atoms with van der Waals surface area (Å²) in [5.74, 6) is 0.488. The first-order valence-electron chi connectivity index (χ1n) is 8.30. The van der Waals surface area contributed by atoms with E-state index in [0.717, 1.165) is 18.9 Å². The fourth-order valence-electron chi connectivity index (χ4n) is 1.58. The van der Waals surface area contributed by atoms with Crippen LogP contribution in [0.2, 0.25) is 0 Å². The van der Waals surface area contributed by atoms with Gasteiger partial charge in [-0.2, -0.15) is 0 Å². The van der Waals surface area contributed by atoms with Crippen molar-refractivity contribution >= 4 is 5.97 Å². The fraction of sp³-hybridized carbons (Fsp3) is 0.941. The molecule has 0 aromatic heterocycles. The molecule has 5 heteroatoms. The molecule has 0 aliphatic rings. The predicted octanol–water partition coefficient (Wildman–Crippen LogP) is 3.20. The second kappa shape index (κ2) is 12.9. The molecule has 22 heavy (non-hydrogen) atoms. The highest BCUT2D eigenvalue weighted by Gasteiger charge is 2.15. The standard InChI is InChI=1S/C17H34O5/c1-6-15(2)7-9-19-11-13-21-14-12-20-10-8-16(18)22-17(3,4)5/h15H,6-14H2,1-5H3. The van der Waals surface area contributed by atoms with Gasteiger partial charge in [0.1, 0.15) is 5.60 Å². The maximum Gasteiger partial charge on any atom is 0.308 e. The van der Waals surface area contributed by atoms with Gasteiger partial charge in [0.05, 0.1) is 39.5 Å². The summed E-state index contributed by atoms with van der Waals surface area (Å²) in [7, 11) is 0. The van der Waals surface area contributed by atoms with E-state index in [9.17, 15) is 4.79 Å². The Hall–Kier alpha value is -0.650. The lowest BCUT2D eigenvalue weighted by molar-refractivity contribution is -0.156. The van der Waals surface area contributed by atoms with Crippen LogP contribution >= 0.6 is 0 Å². The molecule has 0 bridgehead atoms. The van der Waals surface area contributed by atoms with Crippen molar-refractivity contribution in [1.82, 2.24) is 0 Å². The van der Waals surface area contributed by atoms with Crippen molar-refractivity contribution in [3.05, 3.63) is 0 Å². The first-order chi connectivity index (χ1) is 10.3. The second-order valence-electron chi connectivity index (χ2n) is 6.48. The zero-order chi connectivity index (χ0) is 16.8. The van der Waals surface area contributed by atoms with Crippen LogP contribution in [0.25, 0.3) is 0 Å². The van der Waals surface area contributed by atoms with E-state index in [2.05, 4.69) is 13.8 Å². The minimum Gasteiger partial charge on any atom is -0.460 e. The van der Waals surface area contributed by atoms with Gasteiger partial charge < -0.3 is 18.9 Å². The number of ether oxygens (including phenoxy) is 4. The largest absolute Gasteiger partial charge is 0.460 e. The van der Waals surface area contributed by atoms with Crippen molar-refractivity contribution < 1.29 is 23.7 Å². The monoisotopic (exact) mass is 318 g/mol. The molecule has 0 aliphatic carbocycles. The fourth-order valence-corrected chi connectivity index (χ4v) is 1.58. The summed E-state index contributed by atoms with van der Waals surface area (Å²) in [4.78, 5) is 11.4. The molecule has 0 radical (unpaired) electrons. The molecule has 5 nitrogen and oxygen atoms in total. The molecule has 0 saturated carbocycles. The van der Waals surface area contributed by atoms with Crippen LogP contribution in [0.3, 0.4) is 0 Å². The summed E-state index contributed by atoms with van der Waals surface area (Å²) < 4.78 is 21.4. The van der Waals surface area contributed by atoms with Crippen LogP contribution in [0.4, 0.5) is 0 Å². The Labute approximate surface area is 135 Å². The molecule has 0 aliphatic heterocycles. The third kappa shape index (κ3) is 15.7. The van der Waals surface area contributed by atoms with E-state index in [4.69, 9.17) is 18.9 Å².